The third-order valence-corrected chi connectivity index (χ3v) is 5.48. The van der Waals surface area contributed by atoms with E-state index in [1.807, 2.05) is 6.07 Å². The fourth-order valence-corrected chi connectivity index (χ4v) is 4.12. The van der Waals surface area contributed by atoms with Crippen LogP contribution in [0, 0.1) is 3.57 Å². The Balaban J connectivity index is 2.24. The molecule has 0 radical (unpaired) electrons. The van der Waals surface area contributed by atoms with E-state index in [4.69, 9.17) is 4.74 Å². The number of halogens is 1. The van der Waals surface area contributed by atoms with Crippen LogP contribution in [0.5, 0.6) is 0 Å². The first-order chi connectivity index (χ1) is 9.43. The van der Waals surface area contributed by atoms with Crippen molar-refractivity contribution in [3.63, 3.8) is 0 Å². The van der Waals surface area contributed by atoms with Crippen molar-refractivity contribution in [2.75, 3.05) is 20.2 Å². The zero-order valence-electron chi connectivity index (χ0n) is 11.1. The molecule has 0 saturated carbocycles. The van der Waals surface area contributed by atoms with E-state index >= 15 is 0 Å². The zero-order valence-corrected chi connectivity index (χ0v) is 14.1. The summed E-state index contributed by atoms with van der Waals surface area (Å²) in [5.74, 6) is 0. The zero-order chi connectivity index (χ0) is 14.8. The second-order valence-electron chi connectivity index (χ2n) is 4.74. The Morgan fingerprint density at radius 3 is 2.75 bits per heavy atom. The number of aryl methyl sites for hydroxylation is 1. The maximum atomic E-state index is 12.5. The van der Waals surface area contributed by atoms with Crippen LogP contribution >= 0.6 is 22.6 Å². The number of likely N-dealkylation sites (N-methyl/N-ethyl adjacent to an activating group) is 1. The summed E-state index contributed by atoms with van der Waals surface area (Å²) in [7, 11) is -1.95. The fourth-order valence-electron chi connectivity index (χ4n) is 1.88. The van der Waals surface area contributed by atoms with E-state index in [0.29, 0.717) is 26.0 Å². The predicted molar refractivity (Wildman–Crippen MR) is 83.1 cm³/mol. The first-order valence-electron chi connectivity index (χ1n) is 6.24. The van der Waals surface area contributed by atoms with E-state index in [2.05, 4.69) is 22.6 Å². The molecule has 0 N–H and O–H groups in total. The lowest BCUT2D eigenvalue weighted by molar-refractivity contribution is -0.107. The number of benzene rings is 1. The standard InChI is InChI=1S/C13H16INO4S/c1-15(8-12-9-19-12)20(17,18)13-6-10(3-2-4-16)5-11(14)7-13/h4-7,12H,2-3,8-9H2,1H3/t12-/m0/s1. The van der Waals surface area contributed by atoms with Crippen molar-refractivity contribution >= 4 is 38.9 Å². The van der Waals surface area contributed by atoms with Gasteiger partial charge in [-0.05, 0) is 52.8 Å². The molecule has 0 amide bonds. The molecule has 1 aliphatic heterocycles. The van der Waals surface area contributed by atoms with E-state index in [1.165, 1.54) is 4.31 Å². The summed E-state index contributed by atoms with van der Waals surface area (Å²) in [6, 6.07) is 5.18. The molecule has 1 heterocycles. The Bertz CT molecular complexity index is 598. The van der Waals surface area contributed by atoms with Crippen LogP contribution in [0.2, 0.25) is 0 Å². The Hall–Kier alpha value is -0.510. The number of sulfonamides is 1. The number of aldehydes is 1. The molecular weight excluding hydrogens is 393 g/mol. The van der Waals surface area contributed by atoms with Gasteiger partial charge in [0, 0.05) is 23.6 Å². The van der Waals surface area contributed by atoms with Gasteiger partial charge in [0.1, 0.15) is 6.29 Å². The number of hydrogen-bond acceptors (Lipinski definition) is 4. The molecule has 110 valence electrons. The highest BCUT2D eigenvalue weighted by atomic mass is 127. The van der Waals surface area contributed by atoms with Crippen LogP contribution in [0.1, 0.15) is 12.0 Å². The van der Waals surface area contributed by atoms with Gasteiger partial charge in [-0.3, -0.25) is 0 Å². The molecule has 7 heteroatoms. The predicted octanol–water partition coefficient (Wildman–Crippen LogP) is 1.44. The second-order valence-corrected chi connectivity index (χ2v) is 8.03. The minimum atomic E-state index is -3.50. The number of nitrogens with zero attached hydrogens (tertiary/aromatic N) is 1. The molecule has 1 aliphatic rings. The van der Waals surface area contributed by atoms with E-state index in [-0.39, 0.29) is 11.0 Å². The lowest BCUT2D eigenvalue weighted by Gasteiger charge is -2.17. The molecule has 0 bridgehead atoms. The van der Waals surface area contributed by atoms with Gasteiger partial charge in [0.25, 0.3) is 0 Å². The average molecular weight is 409 g/mol. The largest absolute Gasteiger partial charge is 0.372 e. The lowest BCUT2D eigenvalue weighted by atomic mass is 10.1. The molecule has 1 atom stereocenters. The van der Waals surface area contributed by atoms with E-state index in [9.17, 15) is 13.2 Å². The number of rotatable bonds is 7. The first kappa shape index (κ1) is 15.9. The van der Waals surface area contributed by atoms with Crippen LogP contribution in [-0.2, 0) is 26.0 Å². The third kappa shape index (κ3) is 4.00. The van der Waals surface area contributed by atoms with Crippen molar-refractivity contribution in [3.05, 3.63) is 27.3 Å². The van der Waals surface area contributed by atoms with Gasteiger partial charge in [-0.25, -0.2) is 8.42 Å². The fraction of sp³-hybridized carbons (Fsp3) is 0.462. The highest BCUT2D eigenvalue weighted by Crippen LogP contribution is 2.22. The van der Waals surface area contributed by atoms with Gasteiger partial charge in [-0.1, -0.05) is 0 Å². The molecule has 0 spiro atoms. The molecule has 5 nitrogen and oxygen atoms in total. The topological polar surface area (TPSA) is 67.0 Å². The van der Waals surface area contributed by atoms with Crippen molar-refractivity contribution in [2.45, 2.75) is 23.8 Å². The summed E-state index contributed by atoms with van der Waals surface area (Å²) >= 11 is 2.09. The van der Waals surface area contributed by atoms with Gasteiger partial charge in [-0.2, -0.15) is 4.31 Å². The van der Waals surface area contributed by atoms with Crippen LogP contribution in [0.25, 0.3) is 0 Å². The Labute approximate surface area is 132 Å². The Kier molecular flexibility index (Phi) is 5.16. The Morgan fingerprint density at radius 2 is 2.15 bits per heavy atom. The van der Waals surface area contributed by atoms with Gasteiger partial charge < -0.3 is 9.53 Å². The highest BCUT2D eigenvalue weighted by Gasteiger charge is 2.30. The second kappa shape index (κ2) is 6.50. The quantitative estimate of drug-likeness (QED) is 0.389. The summed E-state index contributed by atoms with van der Waals surface area (Å²) in [6.07, 6.45) is 1.81. The van der Waals surface area contributed by atoms with Crippen LogP contribution in [0.15, 0.2) is 23.1 Å². The number of ether oxygens (including phenoxy) is 1. The summed E-state index contributed by atoms with van der Waals surface area (Å²) in [6.45, 7) is 0.994. The van der Waals surface area contributed by atoms with Gasteiger partial charge in [0.2, 0.25) is 10.0 Å². The molecular formula is C13H16INO4S. The minimum absolute atomic E-state index is 0.0205. The molecule has 20 heavy (non-hydrogen) atoms. The molecule has 0 unspecified atom stereocenters. The maximum Gasteiger partial charge on any atom is 0.242 e. The SMILES string of the molecule is CN(C[C@H]1CO1)S(=O)(=O)c1cc(I)cc(CCC=O)c1. The van der Waals surface area contributed by atoms with Gasteiger partial charge >= 0.3 is 0 Å². The van der Waals surface area contributed by atoms with Crippen LogP contribution in [0.4, 0.5) is 0 Å². The monoisotopic (exact) mass is 409 g/mol. The molecule has 1 fully saturated rings. The number of epoxide rings is 1. The van der Waals surface area contributed by atoms with E-state index in [0.717, 1.165) is 15.4 Å². The van der Waals surface area contributed by atoms with Crippen LogP contribution in [0.3, 0.4) is 0 Å². The van der Waals surface area contributed by atoms with Gasteiger partial charge in [-0.15, -0.1) is 0 Å². The number of carbonyl (C=O) groups is 1. The highest BCUT2D eigenvalue weighted by molar-refractivity contribution is 14.1. The number of carbonyl (C=O) groups excluding carboxylic acids is 1. The lowest BCUT2D eigenvalue weighted by Crippen LogP contribution is -2.30. The molecule has 1 aromatic carbocycles. The minimum Gasteiger partial charge on any atom is -0.372 e. The molecule has 0 aliphatic carbocycles. The van der Waals surface area contributed by atoms with Gasteiger partial charge in [0.05, 0.1) is 17.6 Å². The summed E-state index contributed by atoms with van der Waals surface area (Å²) in [4.78, 5) is 10.7. The smallest absolute Gasteiger partial charge is 0.242 e. The first-order valence-corrected chi connectivity index (χ1v) is 8.76. The van der Waals surface area contributed by atoms with Crippen molar-refractivity contribution < 1.29 is 17.9 Å². The van der Waals surface area contributed by atoms with E-state index in [1.54, 1.807) is 19.2 Å². The molecule has 1 aromatic rings. The molecule has 1 saturated heterocycles. The van der Waals surface area contributed by atoms with Crippen LogP contribution < -0.4 is 0 Å². The Morgan fingerprint density at radius 1 is 1.45 bits per heavy atom. The van der Waals surface area contributed by atoms with Crippen LogP contribution in [-0.4, -0.2) is 45.3 Å². The van der Waals surface area contributed by atoms with Crippen molar-refractivity contribution in [2.24, 2.45) is 0 Å². The van der Waals surface area contributed by atoms with Crippen molar-refractivity contribution in [1.29, 1.82) is 0 Å². The number of hydrogen-bond donors (Lipinski definition) is 0. The molecule has 0 aromatic heterocycles. The van der Waals surface area contributed by atoms with Gasteiger partial charge in [0.15, 0.2) is 0 Å². The average Bonchev–Trinajstić information content (AvgIpc) is 3.19. The normalized spacial score (nSPS) is 18.2. The third-order valence-electron chi connectivity index (χ3n) is 3.05. The summed E-state index contributed by atoms with van der Waals surface area (Å²) in [5.41, 5.74) is 0.860. The van der Waals surface area contributed by atoms with Crippen molar-refractivity contribution in [3.8, 4) is 0 Å². The molecule has 2 rings (SSSR count). The van der Waals surface area contributed by atoms with Crippen molar-refractivity contribution in [1.82, 2.24) is 4.31 Å². The summed E-state index contributed by atoms with van der Waals surface area (Å²) < 4.78 is 32.2. The van der Waals surface area contributed by atoms with E-state index < -0.39 is 10.0 Å². The summed E-state index contributed by atoms with van der Waals surface area (Å²) in [5, 5.41) is 0. The maximum absolute atomic E-state index is 12.5.